The lowest BCUT2D eigenvalue weighted by atomic mass is 10.1. The zero-order chi connectivity index (χ0) is 19.5. The van der Waals surface area contributed by atoms with E-state index < -0.39 is 51.5 Å². The van der Waals surface area contributed by atoms with Gasteiger partial charge in [-0.3, -0.25) is 4.55 Å². The summed E-state index contributed by atoms with van der Waals surface area (Å²) in [5.41, 5.74) is -2.48. The number of ether oxygens (including phenoxy) is 2. The number of benzene rings is 1. The molecule has 0 aliphatic rings. The van der Waals surface area contributed by atoms with Gasteiger partial charge in [-0.1, -0.05) is 6.58 Å². The molecule has 0 spiro atoms. The first-order valence-electron chi connectivity index (χ1n) is 6.91. The molecule has 10 heteroatoms. The Morgan fingerprint density at radius 2 is 1.92 bits per heavy atom. The third kappa shape index (κ3) is 6.75. The molecule has 0 aliphatic carbocycles. The Hall–Kier alpha value is -2.07. The summed E-state index contributed by atoms with van der Waals surface area (Å²) in [5, 5.41) is 0. The summed E-state index contributed by atoms with van der Waals surface area (Å²) in [6.07, 6.45) is -3.41. The Morgan fingerprint density at radius 1 is 1.32 bits per heavy atom. The van der Waals surface area contributed by atoms with Crippen molar-refractivity contribution in [1.82, 2.24) is 0 Å². The van der Waals surface area contributed by atoms with Crippen LogP contribution in [0.2, 0.25) is 0 Å². The molecule has 1 N–H and O–H groups in total. The summed E-state index contributed by atoms with van der Waals surface area (Å²) < 4.78 is 78.8. The third-order valence-corrected chi connectivity index (χ3v) is 3.64. The van der Waals surface area contributed by atoms with Gasteiger partial charge in [0.1, 0.15) is 23.7 Å². The Bertz CT molecular complexity index is 753. The van der Waals surface area contributed by atoms with E-state index in [1.165, 1.54) is 19.9 Å². The van der Waals surface area contributed by atoms with Gasteiger partial charge in [0.2, 0.25) is 0 Å². The molecule has 6 nitrogen and oxygen atoms in total. The average Bonchev–Trinajstić information content (AvgIpc) is 2.44. The highest BCUT2D eigenvalue weighted by Crippen LogP contribution is 2.38. The van der Waals surface area contributed by atoms with Crippen LogP contribution in [0.25, 0.3) is 0 Å². The van der Waals surface area contributed by atoms with E-state index in [1.54, 1.807) is 0 Å². The van der Waals surface area contributed by atoms with Crippen LogP contribution in [0.3, 0.4) is 0 Å². The highest BCUT2D eigenvalue weighted by molar-refractivity contribution is 7.85. The molecular weight excluding hydrogens is 365 g/mol. The van der Waals surface area contributed by atoms with Crippen molar-refractivity contribution < 1.29 is 40.4 Å². The van der Waals surface area contributed by atoms with Crippen molar-refractivity contribution in [2.45, 2.75) is 25.6 Å². The van der Waals surface area contributed by atoms with Crippen molar-refractivity contribution in [2.75, 3.05) is 12.4 Å². The second kappa shape index (κ2) is 7.44. The van der Waals surface area contributed by atoms with Crippen LogP contribution in [-0.4, -0.2) is 36.9 Å². The monoisotopic (exact) mass is 382 g/mol. The Kier molecular flexibility index (Phi) is 6.24. The molecule has 1 rings (SSSR count). The van der Waals surface area contributed by atoms with Crippen molar-refractivity contribution in [3.05, 3.63) is 42.0 Å². The minimum atomic E-state index is -4.71. The predicted molar refractivity (Wildman–Crippen MR) is 83.0 cm³/mol. The third-order valence-electron chi connectivity index (χ3n) is 2.96. The van der Waals surface area contributed by atoms with Crippen molar-refractivity contribution >= 4 is 16.1 Å². The van der Waals surface area contributed by atoms with E-state index in [2.05, 4.69) is 11.3 Å². The lowest BCUT2D eigenvalue weighted by Crippen LogP contribution is -2.26. The number of alkyl halides is 3. The maximum absolute atomic E-state index is 13.1. The van der Waals surface area contributed by atoms with Gasteiger partial charge in [-0.05, 0) is 38.1 Å². The molecule has 0 saturated heterocycles. The standard InChI is InChI=1S/C15H17F3O6S/c1-4-14(2,3)24-12-9-10(5-6-11(12)15(16,17)18)13(19)23-7-8-25(20,21)22/h4-6,9H,1,7-8H2,2-3H3,(H,20,21,22). The molecule has 1 aromatic carbocycles. The molecule has 0 amide bonds. The van der Waals surface area contributed by atoms with Gasteiger partial charge in [-0.2, -0.15) is 21.6 Å². The van der Waals surface area contributed by atoms with Crippen LogP contribution in [0.4, 0.5) is 13.2 Å². The molecule has 0 aromatic heterocycles. The van der Waals surface area contributed by atoms with Gasteiger partial charge in [0.25, 0.3) is 10.1 Å². The van der Waals surface area contributed by atoms with E-state index >= 15 is 0 Å². The fraction of sp³-hybridized carbons (Fsp3) is 0.400. The molecule has 0 fully saturated rings. The summed E-state index contributed by atoms with van der Waals surface area (Å²) in [6.45, 7) is 5.78. The number of hydrogen-bond donors (Lipinski definition) is 1. The molecule has 0 unspecified atom stereocenters. The second-order valence-corrected chi connectivity index (χ2v) is 7.11. The smallest absolute Gasteiger partial charge is 0.419 e. The zero-order valence-electron chi connectivity index (χ0n) is 13.5. The van der Waals surface area contributed by atoms with E-state index in [-0.39, 0.29) is 5.56 Å². The molecule has 0 radical (unpaired) electrons. The first kappa shape index (κ1) is 21.0. The number of halogens is 3. The average molecular weight is 382 g/mol. The number of carbonyl (C=O) groups is 1. The minimum Gasteiger partial charge on any atom is -0.483 e. The Morgan fingerprint density at radius 3 is 2.40 bits per heavy atom. The lowest BCUT2D eigenvalue weighted by Gasteiger charge is -2.25. The lowest BCUT2D eigenvalue weighted by molar-refractivity contribution is -0.139. The van der Waals surface area contributed by atoms with Gasteiger partial charge in [0, 0.05) is 0 Å². The number of carbonyl (C=O) groups excluding carboxylic acids is 1. The van der Waals surface area contributed by atoms with E-state index in [9.17, 15) is 26.4 Å². The summed E-state index contributed by atoms with van der Waals surface area (Å²) in [7, 11) is -4.33. The number of esters is 1. The van der Waals surface area contributed by atoms with Crippen LogP contribution >= 0.6 is 0 Å². The molecule has 140 valence electrons. The van der Waals surface area contributed by atoms with Crippen LogP contribution in [0.15, 0.2) is 30.9 Å². The van der Waals surface area contributed by atoms with Crippen molar-refractivity contribution in [3.8, 4) is 5.75 Å². The van der Waals surface area contributed by atoms with E-state index in [1.807, 2.05) is 0 Å². The maximum atomic E-state index is 13.1. The van der Waals surface area contributed by atoms with Gasteiger partial charge in [-0.25, -0.2) is 4.79 Å². The molecule has 25 heavy (non-hydrogen) atoms. The summed E-state index contributed by atoms with van der Waals surface area (Å²) >= 11 is 0. The highest BCUT2D eigenvalue weighted by atomic mass is 32.2. The maximum Gasteiger partial charge on any atom is 0.419 e. The number of hydrogen-bond acceptors (Lipinski definition) is 5. The normalized spacial score (nSPS) is 12.6. The largest absolute Gasteiger partial charge is 0.483 e. The van der Waals surface area contributed by atoms with Crippen LogP contribution in [0, 0.1) is 0 Å². The van der Waals surface area contributed by atoms with Crippen LogP contribution in [0.5, 0.6) is 5.75 Å². The summed E-state index contributed by atoms with van der Waals surface area (Å²) in [4.78, 5) is 11.8. The molecule has 1 aromatic rings. The quantitative estimate of drug-likeness (QED) is 0.443. The van der Waals surface area contributed by atoms with Gasteiger partial charge >= 0.3 is 12.1 Å². The highest BCUT2D eigenvalue weighted by Gasteiger charge is 2.36. The molecule has 0 atom stereocenters. The van der Waals surface area contributed by atoms with Crippen LogP contribution < -0.4 is 4.74 Å². The SMILES string of the molecule is C=CC(C)(C)Oc1cc(C(=O)OCCS(=O)(=O)O)ccc1C(F)(F)F. The first-order valence-corrected chi connectivity index (χ1v) is 8.52. The van der Waals surface area contributed by atoms with E-state index in [0.29, 0.717) is 6.07 Å². The zero-order valence-corrected chi connectivity index (χ0v) is 14.3. The molecule has 0 bridgehead atoms. The second-order valence-electron chi connectivity index (χ2n) is 5.54. The summed E-state index contributed by atoms with van der Waals surface area (Å²) in [5.74, 6) is -2.48. The minimum absolute atomic E-state index is 0.266. The fourth-order valence-corrected chi connectivity index (χ4v) is 1.91. The van der Waals surface area contributed by atoms with Crippen LogP contribution in [-0.2, 0) is 21.0 Å². The molecular formula is C15H17F3O6S. The van der Waals surface area contributed by atoms with Gasteiger partial charge in [-0.15, -0.1) is 0 Å². The van der Waals surface area contributed by atoms with Crippen LogP contribution in [0.1, 0.15) is 29.8 Å². The Balaban J connectivity index is 3.11. The molecule has 0 heterocycles. The number of rotatable bonds is 7. The van der Waals surface area contributed by atoms with Gasteiger partial charge in [0.15, 0.2) is 0 Å². The summed E-state index contributed by atoms with van der Waals surface area (Å²) in [6, 6.07) is 2.39. The first-order chi connectivity index (χ1) is 11.2. The van der Waals surface area contributed by atoms with Crippen molar-refractivity contribution in [1.29, 1.82) is 0 Å². The van der Waals surface area contributed by atoms with Gasteiger partial charge < -0.3 is 9.47 Å². The van der Waals surface area contributed by atoms with E-state index in [4.69, 9.17) is 9.29 Å². The van der Waals surface area contributed by atoms with Crippen molar-refractivity contribution in [2.24, 2.45) is 0 Å². The van der Waals surface area contributed by atoms with Crippen molar-refractivity contribution in [3.63, 3.8) is 0 Å². The topological polar surface area (TPSA) is 89.9 Å². The fourth-order valence-electron chi connectivity index (χ4n) is 1.62. The van der Waals surface area contributed by atoms with E-state index in [0.717, 1.165) is 12.1 Å². The Labute approximate surface area is 143 Å². The van der Waals surface area contributed by atoms with Gasteiger partial charge in [0.05, 0.1) is 11.1 Å². The molecule has 0 saturated carbocycles. The predicted octanol–water partition coefficient (Wildman–Crippen LogP) is 3.09. The molecule has 0 aliphatic heterocycles.